The quantitative estimate of drug-likeness (QED) is 0.775. The number of piperazine rings is 1. The van der Waals surface area contributed by atoms with Crippen LogP contribution in [0.25, 0.3) is 6.08 Å². The van der Waals surface area contributed by atoms with Gasteiger partial charge in [0.1, 0.15) is 7.28 Å². The van der Waals surface area contributed by atoms with E-state index in [9.17, 15) is 4.79 Å². The fourth-order valence-corrected chi connectivity index (χ4v) is 2.75. The maximum atomic E-state index is 12.4. The fourth-order valence-electron chi connectivity index (χ4n) is 2.75. The van der Waals surface area contributed by atoms with E-state index in [1.54, 1.807) is 0 Å². The maximum Gasteiger partial charge on any atom is 0.250 e. The van der Waals surface area contributed by atoms with E-state index >= 15 is 0 Å². The Morgan fingerprint density at radius 3 is 2.84 bits per heavy atom. The maximum absolute atomic E-state index is 12.4. The van der Waals surface area contributed by atoms with Crippen LogP contribution in [0.1, 0.15) is 11.1 Å². The van der Waals surface area contributed by atoms with Crippen LogP contribution < -0.4 is 10.8 Å². The summed E-state index contributed by atoms with van der Waals surface area (Å²) >= 11 is 0. The van der Waals surface area contributed by atoms with Gasteiger partial charge in [0.05, 0.1) is 0 Å². The first-order valence-corrected chi connectivity index (χ1v) is 6.91. The van der Waals surface area contributed by atoms with Crippen LogP contribution in [0.15, 0.2) is 23.8 Å². The van der Waals surface area contributed by atoms with Crippen LogP contribution in [0.5, 0.6) is 0 Å². The normalized spacial score (nSPS) is 17.9. The summed E-state index contributed by atoms with van der Waals surface area (Å²) in [5.41, 5.74) is 4.63. The third-order valence-corrected chi connectivity index (χ3v) is 3.89. The van der Waals surface area contributed by atoms with Crippen molar-refractivity contribution in [2.75, 3.05) is 26.2 Å². The van der Waals surface area contributed by atoms with E-state index in [0.29, 0.717) is 0 Å². The van der Waals surface area contributed by atoms with Crippen molar-refractivity contribution in [1.29, 1.82) is 0 Å². The van der Waals surface area contributed by atoms with Crippen molar-refractivity contribution in [2.45, 2.75) is 13.2 Å². The van der Waals surface area contributed by atoms with E-state index < -0.39 is 0 Å². The molecule has 1 radical (unpaired) electrons. The number of fused-ring (bicyclic) bond motifs is 1. The van der Waals surface area contributed by atoms with Gasteiger partial charge in [0, 0.05) is 38.2 Å². The van der Waals surface area contributed by atoms with Gasteiger partial charge in [-0.05, 0) is 17.2 Å². The second-order valence-electron chi connectivity index (χ2n) is 5.14. The zero-order chi connectivity index (χ0) is 13.2. The lowest BCUT2D eigenvalue weighted by atomic mass is 9.72. The summed E-state index contributed by atoms with van der Waals surface area (Å²) in [6, 6.07) is 6.40. The highest BCUT2D eigenvalue weighted by atomic mass is 16.2. The molecule has 0 spiro atoms. The summed E-state index contributed by atoms with van der Waals surface area (Å²) in [6.45, 7) is 5.49. The molecule has 1 fully saturated rings. The lowest BCUT2D eigenvalue weighted by molar-refractivity contribution is -0.127. The molecule has 4 heteroatoms. The Morgan fingerprint density at radius 1 is 1.32 bits per heavy atom. The van der Waals surface area contributed by atoms with Crippen LogP contribution >= 0.6 is 0 Å². The SMILES string of the molecule is C[B]c1ccc2c(c1)CC(C(=O)N1CCNCC1)=C2. The molecule has 0 saturated carbocycles. The molecule has 97 valence electrons. The molecular weight excluding hydrogens is 235 g/mol. The van der Waals surface area contributed by atoms with Crippen LogP contribution in [0.4, 0.5) is 0 Å². The molecular formula is C15H18BN2O. The van der Waals surface area contributed by atoms with E-state index in [0.717, 1.165) is 38.2 Å². The number of hydrogen-bond acceptors (Lipinski definition) is 2. The number of amides is 1. The van der Waals surface area contributed by atoms with Gasteiger partial charge in [0.15, 0.2) is 0 Å². The zero-order valence-electron chi connectivity index (χ0n) is 11.3. The Bertz CT molecular complexity index is 533. The van der Waals surface area contributed by atoms with Crippen LogP contribution in [0.2, 0.25) is 6.82 Å². The average molecular weight is 253 g/mol. The second-order valence-corrected chi connectivity index (χ2v) is 5.14. The fraction of sp³-hybridized carbons (Fsp3) is 0.400. The molecule has 3 rings (SSSR count). The minimum Gasteiger partial charge on any atom is -0.336 e. The highest BCUT2D eigenvalue weighted by molar-refractivity contribution is 6.51. The summed E-state index contributed by atoms with van der Waals surface area (Å²) in [5, 5.41) is 3.27. The van der Waals surface area contributed by atoms with Crippen molar-refractivity contribution >= 4 is 24.7 Å². The summed E-state index contributed by atoms with van der Waals surface area (Å²) in [6.07, 6.45) is 2.83. The standard InChI is InChI=1S/C15H18BN2O/c1-16-14-3-2-11-8-13(9-12(11)10-14)15(19)18-6-4-17-5-7-18/h2-3,8,10,17H,4-7,9H2,1H3. The minimum absolute atomic E-state index is 0.208. The van der Waals surface area contributed by atoms with Gasteiger partial charge < -0.3 is 10.2 Å². The lowest BCUT2D eigenvalue weighted by Crippen LogP contribution is -2.46. The van der Waals surface area contributed by atoms with E-state index in [2.05, 4.69) is 36.9 Å². The average Bonchev–Trinajstić information content (AvgIpc) is 2.90. The summed E-state index contributed by atoms with van der Waals surface area (Å²) < 4.78 is 0. The molecule has 1 aliphatic heterocycles. The Labute approximate surface area is 114 Å². The minimum atomic E-state index is 0.208. The Balaban J connectivity index is 1.76. The number of nitrogens with zero attached hydrogens (tertiary/aromatic N) is 1. The van der Waals surface area contributed by atoms with Gasteiger partial charge in [-0.1, -0.05) is 30.5 Å². The molecule has 2 aliphatic rings. The molecule has 0 bridgehead atoms. The van der Waals surface area contributed by atoms with Crippen molar-refractivity contribution in [3.05, 3.63) is 34.9 Å². The first-order chi connectivity index (χ1) is 9.28. The third-order valence-electron chi connectivity index (χ3n) is 3.89. The molecule has 1 aliphatic carbocycles. The van der Waals surface area contributed by atoms with Crippen LogP contribution in [-0.2, 0) is 11.2 Å². The summed E-state index contributed by atoms with van der Waals surface area (Å²) in [5.74, 6) is 0.208. The first kappa shape index (κ1) is 12.5. The van der Waals surface area contributed by atoms with Crippen molar-refractivity contribution in [1.82, 2.24) is 10.2 Å². The van der Waals surface area contributed by atoms with Gasteiger partial charge in [-0.3, -0.25) is 4.79 Å². The molecule has 0 unspecified atom stereocenters. The van der Waals surface area contributed by atoms with Gasteiger partial charge >= 0.3 is 0 Å². The van der Waals surface area contributed by atoms with E-state index in [-0.39, 0.29) is 5.91 Å². The molecule has 1 saturated heterocycles. The van der Waals surface area contributed by atoms with Crippen molar-refractivity contribution in [3.8, 4) is 0 Å². The van der Waals surface area contributed by atoms with Crippen molar-refractivity contribution in [2.24, 2.45) is 0 Å². The number of benzene rings is 1. The highest BCUT2D eigenvalue weighted by Gasteiger charge is 2.24. The monoisotopic (exact) mass is 253 g/mol. The Kier molecular flexibility index (Phi) is 3.43. The number of nitrogens with one attached hydrogen (secondary N) is 1. The van der Waals surface area contributed by atoms with Gasteiger partial charge in [-0.2, -0.15) is 0 Å². The number of rotatable bonds is 2. The smallest absolute Gasteiger partial charge is 0.250 e. The first-order valence-electron chi connectivity index (χ1n) is 6.91. The topological polar surface area (TPSA) is 32.3 Å². The third kappa shape index (κ3) is 2.45. The predicted octanol–water partition coefficient (Wildman–Crippen LogP) is 0.436. The van der Waals surface area contributed by atoms with Gasteiger partial charge in [0.2, 0.25) is 5.91 Å². The van der Waals surface area contributed by atoms with Gasteiger partial charge in [0.25, 0.3) is 0 Å². The van der Waals surface area contributed by atoms with Crippen LogP contribution in [0, 0.1) is 0 Å². The van der Waals surface area contributed by atoms with Crippen molar-refractivity contribution in [3.63, 3.8) is 0 Å². The molecule has 1 heterocycles. The lowest BCUT2D eigenvalue weighted by Gasteiger charge is -2.27. The number of hydrogen-bond donors (Lipinski definition) is 1. The van der Waals surface area contributed by atoms with Crippen LogP contribution in [0.3, 0.4) is 0 Å². The number of carbonyl (C=O) groups is 1. The molecule has 1 N–H and O–H groups in total. The summed E-state index contributed by atoms with van der Waals surface area (Å²) in [7, 11) is 2.09. The van der Waals surface area contributed by atoms with Gasteiger partial charge in [-0.25, -0.2) is 0 Å². The molecule has 19 heavy (non-hydrogen) atoms. The second kappa shape index (κ2) is 5.21. The number of carbonyl (C=O) groups excluding carboxylic acids is 1. The Morgan fingerprint density at radius 2 is 2.11 bits per heavy atom. The van der Waals surface area contributed by atoms with E-state index in [1.807, 2.05) is 11.7 Å². The molecule has 1 aromatic rings. The predicted molar refractivity (Wildman–Crippen MR) is 78.8 cm³/mol. The Hall–Kier alpha value is -1.55. The zero-order valence-corrected chi connectivity index (χ0v) is 11.3. The summed E-state index contributed by atoms with van der Waals surface area (Å²) in [4.78, 5) is 14.4. The van der Waals surface area contributed by atoms with Crippen molar-refractivity contribution < 1.29 is 4.79 Å². The van der Waals surface area contributed by atoms with Gasteiger partial charge in [-0.15, -0.1) is 0 Å². The largest absolute Gasteiger partial charge is 0.336 e. The van der Waals surface area contributed by atoms with E-state index in [4.69, 9.17) is 0 Å². The van der Waals surface area contributed by atoms with Crippen LogP contribution in [-0.4, -0.2) is 44.3 Å². The van der Waals surface area contributed by atoms with E-state index in [1.165, 1.54) is 16.6 Å². The highest BCUT2D eigenvalue weighted by Crippen LogP contribution is 2.25. The molecule has 1 aromatic carbocycles. The molecule has 3 nitrogen and oxygen atoms in total. The molecule has 1 amide bonds. The molecule has 0 aromatic heterocycles. The molecule has 0 atom stereocenters.